The van der Waals surface area contributed by atoms with E-state index < -0.39 is 0 Å². The number of thioether (sulfide) groups is 1. The molecule has 2 rings (SSSR count). The summed E-state index contributed by atoms with van der Waals surface area (Å²) in [4.78, 5) is 18.8. The predicted octanol–water partition coefficient (Wildman–Crippen LogP) is 4.73. The van der Waals surface area contributed by atoms with Gasteiger partial charge in [0.05, 0.1) is 11.4 Å². The van der Waals surface area contributed by atoms with E-state index in [1.165, 1.54) is 34.2 Å². The number of nitrogens with one attached hydrogen (secondary N) is 1. The van der Waals surface area contributed by atoms with Crippen molar-refractivity contribution in [1.29, 1.82) is 0 Å². The standard InChI is InChI=1S/C18H23N3OS3/c1-5-21(6-2)18(23)25-11-16(22)20-17-19-15(10-24-17)14-9-12(3)7-8-13(14)4/h7-10H,5-6,11H2,1-4H3,(H,19,20,22). The summed E-state index contributed by atoms with van der Waals surface area (Å²) in [7, 11) is 0. The van der Waals surface area contributed by atoms with Crippen LogP contribution in [-0.4, -0.2) is 39.0 Å². The Morgan fingerprint density at radius 3 is 2.72 bits per heavy atom. The number of aromatic nitrogens is 1. The van der Waals surface area contributed by atoms with Crippen LogP contribution in [0.25, 0.3) is 11.3 Å². The average Bonchev–Trinajstić information content (AvgIpc) is 3.04. The Morgan fingerprint density at radius 1 is 1.32 bits per heavy atom. The highest BCUT2D eigenvalue weighted by atomic mass is 32.2. The normalized spacial score (nSPS) is 10.6. The van der Waals surface area contributed by atoms with Crippen molar-refractivity contribution in [2.24, 2.45) is 0 Å². The minimum Gasteiger partial charge on any atom is -0.358 e. The van der Waals surface area contributed by atoms with Gasteiger partial charge < -0.3 is 10.2 Å². The van der Waals surface area contributed by atoms with Crippen LogP contribution in [-0.2, 0) is 4.79 Å². The Bertz CT molecular complexity index is 754. The number of aryl methyl sites for hydroxylation is 2. The van der Waals surface area contributed by atoms with Crippen LogP contribution in [0, 0.1) is 13.8 Å². The van der Waals surface area contributed by atoms with Gasteiger partial charge in [-0.05, 0) is 39.3 Å². The fourth-order valence-corrected chi connectivity index (χ4v) is 4.25. The van der Waals surface area contributed by atoms with E-state index in [0.717, 1.165) is 28.7 Å². The van der Waals surface area contributed by atoms with Gasteiger partial charge in [0.2, 0.25) is 5.91 Å². The van der Waals surface area contributed by atoms with E-state index in [4.69, 9.17) is 12.2 Å². The summed E-state index contributed by atoms with van der Waals surface area (Å²) in [6.07, 6.45) is 0. The Balaban J connectivity index is 1.96. The zero-order valence-corrected chi connectivity index (χ0v) is 17.4. The number of nitrogens with zero attached hydrogens (tertiary/aromatic N) is 2. The number of carbonyl (C=O) groups is 1. The minimum atomic E-state index is -0.0821. The largest absolute Gasteiger partial charge is 0.358 e. The van der Waals surface area contributed by atoms with Gasteiger partial charge in [-0.3, -0.25) is 4.79 Å². The van der Waals surface area contributed by atoms with Crippen molar-refractivity contribution in [1.82, 2.24) is 9.88 Å². The van der Waals surface area contributed by atoms with Gasteiger partial charge in [-0.25, -0.2) is 4.98 Å². The third-order valence-electron chi connectivity index (χ3n) is 3.77. The summed E-state index contributed by atoms with van der Waals surface area (Å²) in [6.45, 7) is 9.96. The van der Waals surface area contributed by atoms with Crippen LogP contribution in [0.3, 0.4) is 0 Å². The minimum absolute atomic E-state index is 0.0821. The number of anilines is 1. The molecule has 0 radical (unpaired) electrons. The first kappa shape index (κ1) is 19.9. The molecule has 25 heavy (non-hydrogen) atoms. The van der Waals surface area contributed by atoms with E-state index >= 15 is 0 Å². The third-order valence-corrected chi connectivity index (χ3v) is 6.05. The van der Waals surface area contributed by atoms with Gasteiger partial charge >= 0.3 is 0 Å². The van der Waals surface area contributed by atoms with Gasteiger partial charge in [0.1, 0.15) is 4.32 Å². The van der Waals surface area contributed by atoms with Gasteiger partial charge in [-0.1, -0.05) is 41.7 Å². The van der Waals surface area contributed by atoms with E-state index in [2.05, 4.69) is 61.1 Å². The van der Waals surface area contributed by atoms with E-state index in [1.807, 2.05) is 5.38 Å². The molecule has 1 aromatic heterocycles. The van der Waals surface area contributed by atoms with E-state index in [1.54, 1.807) is 0 Å². The average molecular weight is 394 g/mol. The molecule has 1 heterocycles. The SMILES string of the molecule is CCN(CC)C(=S)SCC(=O)Nc1nc(-c2cc(C)ccc2C)cs1. The first-order valence-corrected chi connectivity index (χ1v) is 10.5. The second-order valence-electron chi connectivity index (χ2n) is 5.63. The summed E-state index contributed by atoms with van der Waals surface area (Å²) < 4.78 is 0.760. The Labute approximate surface area is 163 Å². The Kier molecular flexibility index (Phi) is 7.40. The highest BCUT2D eigenvalue weighted by Gasteiger charge is 2.12. The fourth-order valence-electron chi connectivity index (χ4n) is 2.32. The smallest absolute Gasteiger partial charge is 0.236 e. The quantitative estimate of drug-likeness (QED) is 0.719. The lowest BCUT2D eigenvalue weighted by molar-refractivity contribution is -0.113. The topological polar surface area (TPSA) is 45.2 Å². The molecule has 0 saturated heterocycles. The summed E-state index contributed by atoms with van der Waals surface area (Å²) in [5, 5.41) is 5.46. The molecule has 1 amide bonds. The van der Waals surface area contributed by atoms with Gasteiger partial charge in [-0.2, -0.15) is 0 Å². The zero-order chi connectivity index (χ0) is 18.4. The second-order valence-corrected chi connectivity index (χ2v) is 8.10. The number of amides is 1. The van der Waals surface area contributed by atoms with Crippen LogP contribution in [0.5, 0.6) is 0 Å². The van der Waals surface area contributed by atoms with Crippen LogP contribution in [0.15, 0.2) is 23.6 Å². The van der Waals surface area contributed by atoms with Crippen molar-refractivity contribution in [2.45, 2.75) is 27.7 Å². The molecule has 0 spiro atoms. The van der Waals surface area contributed by atoms with Gasteiger partial charge in [0.15, 0.2) is 5.13 Å². The maximum absolute atomic E-state index is 12.1. The number of thiazole rings is 1. The molecule has 134 valence electrons. The lowest BCUT2D eigenvalue weighted by Crippen LogP contribution is -2.28. The van der Waals surface area contributed by atoms with E-state index in [-0.39, 0.29) is 5.91 Å². The van der Waals surface area contributed by atoms with Crippen LogP contribution in [0.4, 0.5) is 5.13 Å². The molecule has 0 aliphatic rings. The van der Waals surface area contributed by atoms with Crippen molar-refractivity contribution in [3.63, 3.8) is 0 Å². The molecule has 1 aromatic carbocycles. The molecule has 7 heteroatoms. The fraction of sp³-hybridized carbons (Fsp3) is 0.389. The van der Waals surface area contributed by atoms with Crippen LogP contribution < -0.4 is 5.32 Å². The first-order valence-electron chi connectivity index (χ1n) is 8.19. The molecule has 1 N–H and O–H groups in total. The van der Waals surface area contributed by atoms with Crippen molar-refractivity contribution in [2.75, 3.05) is 24.2 Å². The van der Waals surface area contributed by atoms with Crippen LogP contribution in [0.2, 0.25) is 0 Å². The van der Waals surface area contributed by atoms with E-state index in [0.29, 0.717) is 10.9 Å². The van der Waals surface area contributed by atoms with Crippen molar-refractivity contribution in [3.8, 4) is 11.3 Å². The van der Waals surface area contributed by atoms with Crippen LogP contribution >= 0.6 is 35.3 Å². The second kappa shape index (κ2) is 9.31. The van der Waals surface area contributed by atoms with Gasteiger partial charge in [0, 0.05) is 24.0 Å². The number of hydrogen-bond donors (Lipinski definition) is 1. The summed E-state index contributed by atoms with van der Waals surface area (Å²) in [6, 6.07) is 6.30. The summed E-state index contributed by atoms with van der Waals surface area (Å²) >= 11 is 8.18. The lowest BCUT2D eigenvalue weighted by Gasteiger charge is -2.20. The van der Waals surface area contributed by atoms with Gasteiger partial charge in [0.25, 0.3) is 0 Å². The predicted molar refractivity (Wildman–Crippen MR) is 114 cm³/mol. The third kappa shape index (κ3) is 5.52. The van der Waals surface area contributed by atoms with Gasteiger partial charge in [-0.15, -0.1) is 11.3 Å². The number of hydrogen-bond acceptors (Lipinski definition) is 5. The zero-order valence-electron chi connectivity index (χ0n) is 15.0. The highest BCUT2D eigenvalue weighted by Crippen LogP contribution is 2.28. The lowest BCUT2D eigenvalue weighted by atomic mass is 10.0. The molecular formula is C18H23N3OS3. The molecule has 0 atom stereocenters. The first-order chi connectivity index (χ1) is 11.9. The molecule has 0 fully saturated rings. The Hall–Kier alpha value is -1.44. The van der Waals surface area contributed by atoms with Crippen LogP contribution in [0.1, 0.15) is 25.0 Å². The molecule has 4 nitrogen and oxygen atoms in total. The summed E-state index contributed by atoms with van der Waals surface area (Å²) in [5.41, 5.74) is 4.37. The number of benzene rings is 1. The molecule has 0 saturated carbocycles. The maximum atomic E-state index is 12.1. The van der Waals surface area contributed by atoms with E-state index in [9.17, 15) is 4.79 Å². The number of thiocarbonyl (C=S) groups is 1. The molecular weight excluding hydrogens is 370 g/mol. The number of rotatable bonds is 6. The Morgan fingerprint density at radius 2 is 2.04 bits per heavy atom. The molecule has 0 unspecified atom stereocenters. The van der Waals surface area contributed by atoms with Crippen molar-refractivity contribution in [3.05, 3.63) is 34.7 Å². The maximum Gasteiger partial charge on any atom is 0.236 e. The van der Waals surface area contributed by atoms with Crippen molar-refractivity contribution >= 4 is 50.7 Å². The van der Waals surface area contributed by atoms with Crippen molar-refractivity contribution < 1.29 is 4.79 Å². The highest BCUT2D eigenvalue weighted by molar-refractivity contribution is 8.23. The summed E-state index contributed by atoms with van der Waals surface area (Å²) in [5.74, 6) is 0.217. The molecule has 0 aliphatic carbocycles. The monoisotopic (exact) mass is 393 g/mol. The number of carbonyl (C=O) groups excluding carboxylic acids is 1. The molecule has 0 bridgehead atoms. The molecule has 0 aliphatic heterocycles. The molecule has 2 aromatic rings.